The normalized spacial score (nSPS) is 12.1. The summed E-state index contributed by atoms with van der Waals surface area (Å²) in [6, 6.07) is 161. The van der Waals surface area contributed by atoms with Crippen molar-refractivity contribution in [3.05, 3.63) is 488 Å². The van der Waals surface area contributed by atoms with E-state index in [0.29, 0.717) is 0 Å². The van der Waals surface area contributed by atoms with Crippen molar-refractivity contribution < 1.29 is 0 Å². The predicted octanol–water partition coefficient (Wildman–Crippen LogP) is 32.3. The zero-order chi connectivity index (χ0) is 82.1. The molecule has 20 rings (SSSR count). The lowest BCUT2D eigenvalue weighted by molar-refractivity contribution is 0.660. The van der Waals surface area contributed by atoms with Gasteiger partial charge in [-0.1, -0.05) is 360 Å². The van der Waals surface area contributed by atoms with E-state index in [1.54, 1.807) is 0 Å². The van der Waals surface area contributed by atoms with Crippen LogP contribution in [0.25, 0.3) is 77.5 Å². The van der Waals surface area contributed by atoms with E-state index in [1.807, 2.05) is 0 Å². The molecular formula is C116H98N4. The summed E-state index contributed by atoms with van der Waals surface area (Å²) >= 11 is 0. The number of hydrogen-bond acceptors (Lipinski definition) is 4. The molecular weight excluding hydrogens is 1450 g/mol. The van der Waals surface area contributed by atoms with Crippen LogP contribution in [0.1, 0.15) is 66.6 Å². The smallest absolute Gasteiger partial charge is 0.0465 e. The quantitative estimate of drug-likeness (QED) is 0.101. The molecule has 18 aromatic rings. The van der Waals surface area contributed by atoms with Crippen LogP contribution < -0.4 is 19.6 Å². The molecule has 0 amide bonds. The number of hydrogen-bond donors (Lipinski definition) is 0. The van der Waals surface area contributed by atoms with Gasteiger partial charge in [-0.15, -0.1) is 0 Å². The maximum absolute atomic E-state index is 2.38. The van der Waals surface area contributed by atoms with Crippen LogP contribution >= 0.6 is 0 Å². The topological polar surface area (TPSA) is 13.0 Å². The summed E-state index contributed by atoms with van der Waals surface area (Å²) in [4.78, 5) is 9.24. The average Bonchev–Trinajstić information content (AvgIpc) is 1.58. The third kappa shape index (κ3) is 16.5. The fourth-order valence-corrected chi connectivity index (χ4v) is 17.2. The summed E-state index contributed by atoms with van der Waals surface area (Å²) in [6.07, 6.45) is 0. The average molecular weight is 1550 g/mol. The predicted molar refractivity (Wildman–Crippen MR) is 513 cm³/mol. The van der Waals surface area contributed by atoms with Gasteiger partial charge in [-0.25, -0.2) is 0 Å². The first-order valence-corrected chi connectivity index (χ1v) is 41.7. The molecule has 0 spiro atoms. The van der Waals surface area contributed by atoms with Crippen LogP contribution in [-0.2, 0) is 10.8 Å². The number of fused-ring (bicyclic) bond motifs is 7. The molecule has 0 saturated heterocycles. The molecule has 0 atom stereocenters. The minimum absolute atomic E-state index is 0.00241. The van der Waals surface area contributed by atoms with Gasteiger partial charge in [0.05, 0.1) is 0 Å². The fraction of sp³-hybridized carbons (Fsp3) is 0.0862. The van der Waals surface area contributed by atoms with Crippen LogP contribution in [0.4, 0.5) is 62.6 Å². The molecule has 0 fully saturated rings. The van der Waals surface area contributed by atoms with Crippen molar-refractivity contribution in [1.29, 1.82) is 0 Å². The van der Waals surface area contributed by atoms with Crippen LogP contribution in [0.3, 0.4) is 0 Å². The van der Waals surface area contributed by atoms with Crippen LogP contribution in [0.15, 0.2) is 449 Å². The highest BCUT2D eigenvalue weighted by Crippen LogP contribution is 2.53. The van der Waals surface area contributed by atoms with E-state index in [2.05, 4.69) is 524 Å². The molecule has 4 heteroatoms. The summed E-state index contributed by atoms with van der Waals surface area (Å²) in [5, 5.41) is 2.54. The number of anilines is 11. The van der Waals surface area contributed by atoms with E-state index in [0.717, 1.165) is 17.1 Å². The minimum Gasteiger partial charge on any atom is -0.345 e. The Morgan fingerprint density at radius 2 is 0.450 bits per heavy atom. The first-order chi connectivity index (χ1) is 58.7. The zero-order valence-corrected chi connectivity index (χ0v) is 69.5. The highest BCUT2D eigenvalue weighted by Gasteiger charge is 2.38. The molecule has 18 aromatic carbocycles. The third-order valence-electron chi connectivity index (χ3n) is 23.7. The Morgan fingerprint density at radius 1 is 0.175 bits per heavy atom. The van der Waals surface area contributed by atoms with Crippen molar-refractivity contribution in [3.8, 4) is 66.8 Å². The van der Waals surface area contributed by atoms with Gasteiger partial charge in [0, 0.05) is 80.4 Å². The van der Waals surface area contributed by atoms with Crippen molar-refractivity contribution in [2.24, 2.45) is 0 Å². The fourth-order valence-electron chi connectivity index (χ4n) is 17.2. The number of nitrogens with zero attached hydrogens (tertiary/aromatic N) is 4. The molecule has 0 aromatic heterocycles. The summed E-state index contributed by atoms with van der Waals surface area (Å²) in [5.41, 5.74) is 37.6. The number of para-hydroxylation sites is 3. The van der Waals surface area contributed by atoms with E-state index in [1.165, 1.54) is 162 Å². The standard InChI is InChI=1S/C35H27N.2C28H25N.C25H21N/c1-26-14-20-31(21-15-26)36(32-22-16-28(17-23-32)27-8-3-2-4-9-27)33-24-18-30(19-25-33)35-13-7-11-29-10-5-6-12-34(29)35;1-20-14-16-24-25-17-15-23(19-27(25)28(2,3)26(24)18-20)29(21-10-6-4-7-11-21)22-12-8-5-9-13-22;1-20-13-15-22(16-14-20)29(21-9-5-4-6-10-21)23-17-18-25-24-11-7-8-12-26(24)28(2,3)27(25)19-23;1-26(24-16-8-14-22(18-24)20-10-4-2-5-11-20)25-17-9-15-23(19-25)21-12-6-3-7-13-21/h2-25H,1H3;2*4-19H,1-3H3;2-19H,1H3. The number of rotatable bonds is 15. The number of benzene rings is 18. The lowest BCUT2D eigenvalue weighted by Gasteiger charge is -2.28. The Labute approximate surface area is 709 Å². The van der Waals surface area contributed by atoms with Crippen LogP contribution in [-0.4, -0.2) is 7.05 Å². The van der Waals surface area contributed by atoms with Gasteiger partial charge in [0.25, 0.3) is 0 Å². The lowest BCUT2D eigenvalue weighted by atomic mass is 9.82. The minimum atomic E-state index is -0.00819. The monoisotopic (exact) mass is 1550 g/mol. The first kappa shape index (κ1) is 78.0. The van der Waals surface area contributed by atoms with E-state index in [-0.39, 0.29) is 10.8 Å². The Kier molecular flexibility index (Phi) is 22.5. The summed E-state index contributed by atoms with van der Waals surface area (Å²) in [5.74, 6) is 0. The van der Waals surface area contributed by atoms with Gasteiger partial charge >= 0.3 is 0 Å². The lowest BCUT2D eigenvalue weighted by Crippen LogP contribution is -2.16. The van der Waals surface area contributed by atoms with Crippen molar-refractivity contribution >= 4 is 73.3 Å². The highest BCUT2D eigenvalue weighted by atomic mass is 15.2. The Hall–Kier alpha value is -14.6. The molecule has 2 aliphatic carbocycles. The summed E-state index contributed by atoms with van der Waals surface area (Å²) in [6.45, 7) is 15.8. The molecule has 0 saturated carbocycles. The second-order valence-corrected chi connectivity index (χ2v) is 32.4. The van der Waals surface area contributed by atoms with Gasteiger partial charge < -0.3 is 19.6 Å². The van der Waals surface area contributed by atoms with E-state index >= 15 is 0 Å². The maximum atomic E-state index is 2.38. The Balaban J connectivity index is 0.000000115. The molecule has 2 aliphatic rings. The van der Waals surface area contributed by atoms with Gasteiger partial charge in [-0.05, 0) is 254 Å². The van der Waals surface area contributed by atoms with Crippen LogP contribution in [0, 0.1) is 20.8 Å². The van der Waals surface area contributed by atoms with Crippen LogP contribution in [0.5, 0.6) is 0 Å². The van der Waals surface area contributed by atoms with Crippen molar-refractivity contribution in [2.45, 2.75) is 59.3 Å². The highest BCUT2D eigenvalue weighted by molar-refractivity contribution is 5.97. The summed E-state index contributed by atoms with van der Waals surface area (Å²) in [7, 11) is 2.12. The molecule has 582 valence electrons. The van der Waals surface area contributed by atoms with Gasteiger partial charge in [-0.3, -0.25) is 0 Å². The first-order valence-electron chi connectivity index (χ1n) is 41.7. The molecule has 0 bridgehead atoms. The van der Waals surface area contributed by atoms with Gasteiger partial charge in [0.15, 0.2) is 0 Å². The molecule has 0 N–H and O–H groups in total. The molecule has 4 nitrogen and oxygen atoms in total. The van der Waals surface area contributed by atoms with Gasteiger partial charge in [0.2, 0.25) is 0 Å². The van der Waals surface area contributed by atoms with Crippen molar-refractivity contribution in [3.63, 3.8) is 0 Å². The van der Waals surface area contributed by atoms with E-state index in [4.69, 9.17) is 0 Å². The van der Waals surface area contributed by atoms with E-state index < -0.39 is 0 Å². The summed E-state index contributed by atoms with van der Waals surface area (Å²) < 4.78 is 0. The SMILES string of the molecule is CN(c1cccc(-c2ccccc2)c1)c1cccc(-c2ccccc2)c1.Cc1ccc(N(c2ccc(-c3ccccc3)cc2)c2ccc(-c3cccc4ccccc34)cc2)cc1.Cc1ccc(N(c2ccccc2)c2ccc3c(c2)C(C)(C)c2ccccc2-3)cc1.Cc1ccc2c(c1)C(C)(C)c1cc(N(c3ccccc3)c3ccccc3)ccc1-2. The molecule has 0 aliphatic heterocycles. The molecule has 0 radical (unpaired) electrons. The second-order valence-electron chi connectivity index (χ2n) is 32.4. The number of aryl methyl sites for hydroxylation is 3. The van der Waals surface area contributed by atoms with E-state index in [9.17, 15) is 0 Å². The van der Waals surface area contributed by atoms with Crippen molar-refractivity contribution in [1.82, 2.24) is 0 Å². The second kappa shape index (κ2) is 34.7. The Bertz CT molecular complexity index is 6400. The molecule has 120 heavy (non-hydrogen) atoms. The largest absolute Gasteiger partial charge is 0.345 e. The Morgan fingerprint density at radius 3 is 0.908 bits per heavy atom. The van der Waals surface area contributed by atoms with Gasteiger partial charge in [0.1, 0.15) is 0 Å². The molecule has 0 unspecified atom stereocenters. The van der Waals surface area contributed by atoms with Crippen LogP contribution in [0.2, 0.25) is 0 Å². The van der Waals surface area contributed by atoms with Gasteiger partial charge in [-0.2, -0.15) is 0 Å². The third-order valence-corrected chi connectivity index (χ3v) is 23.7. The molecule has 0 heterocycles. The van der Waals surface area contributed by atoms with Crippen molar-refractivity contribution in [2.75, 3.05) is 26.6 Å². The zero-order valence-electron chi connectivity index (χ0n) is 69.5. The maximum Gasteiger partial charge on any atom is 0.0465 e.